The van der Waals surface area contributed by atoms with Crippen LogP contribution in [-0.4, -0.2) is 20.9 Å². The summed E-state index contributed by atoms with van der Waals surface area (Å²) in [5, 5.41) is 8.19. The van der Waals surface area contributed by atoms with E-state index in [2.05, 4.69) is 17.2 Å². The van der Waals surface area contributed by atoms with Gasteiger partial charge in [0.2, 0.25) is 5.91 Å². The molecular weight excluding hydrogens is 204 g/mol. The zero-order valence-electron chi connectivity index (χ0n) is 9.65. The van der Waals surface area contributed by atoms with Crippen LogP contribution in [0.15, 0.2) is 0 Å². The summed E-state index contributed by atoms with van der Waals surface area (Å²) in [6, 6.07) is 0. The molecular formula is C11H18N4O. The largest absolute Gasteiger partial charge is 0.369 e. The number of primary amides is 1. The third-order valence-electron chi connectivity index (χ3n) is 2.87. The van der Waals surface area contributed by atoms with Crippen molar-refractivity contribution >= 4 is 5.91 Å². The van der Waals surface area contributed by atoms with Gasteiger partial charge in [0, 0.05) is 6.54 Å². The second-order valence-corrected chi connectivity index (χ2v) is 4.50. The summed E-state index contributed by atoms with van der Waals surface area (Å²) in [6.07, 6.45) is 4.74. The van der Waals surface area contributed by atoms with Crippen LogP contribution >= 0.6 is 0 Å². The van der Waals surface area contributed by atoms with Crippen molar-refractivity contribution in [1.82, 2.24) is 15.0 Å². The molecule has 0 spiro atoms. The van der Waals surface area contributed by atoms with Crippen LogP contribution in [0, 0.1) is 5.92 Å². The van der Waals surface area contributed by atoms with Crippen molar-refractivity contribution in [1.29, 1.82) is 0 Å². The van der Waals surface area contributed by atoms with Gasteiger partial charge in [-0.2, -0.15) is 0 Å². The zero-order valence-corrected chi connectivity index (χ0v) is 9.65. The van der Waals surface area contributed by atoms with Gasteiger partial charge in [0.1, 0.15) is 0 Å². The Morgan fingerprint density at radius 1 is 1.56 bits per heavy atom. The van der Waals surface area contributed by atoms with E-state index in [9.17, 15) is 4.79 Å². The van der Waals surface area contributed by atoms with Crippen molar-refractivity contribution in [3.8, 4) is 0 Å². The van der Waals surface area contributed by atoms with Crippen LogP contribution < -0.4 is 5.73 Å². The van der Waals surface area contributed by atoms with Gasteiger partial charge in [0.15, 0.2) is 0 Å². The summed E-state index contributed by atoms with van der Waals surface area (Å²) >= 11 is 0. The molecule has 1 amide bonds. The Bertz CT molecular complexity index is 381. The first-order chi connectivity index (χ1) is 7.70. The van der Waals surface area contributed by atoms with E-state index in [0.29, 0.717) is 0 Å². The molecule has 0 unspecified atom stereocenters. The lowest BCUT2D eigenvalue weighted by atomic mass is 10.1. The number of carbonyl (C=O) groups excluding carboxylic acids is 1. The van der Waals surface area contributed by atoms with Crippen molar-refractivity contribution in [2.45, 2.75) is 45.6 Å². The number of hydrogen-bond donors (Lipinski definition) is 1. The topological polar surface area (TPSA) is 73.8 Å². The summed E-state index contributed by atoms with van der Waals surface area (Å²) in [7, 11) is 0. The minimum Gasteiger partial charge on any atom is -0.369 e. The fourth-order valence-electron chi connectivity index (χ4n) is 1.87. The van der Waals surface area contributed by atoms with E-state index in [-0.39, 0.29) is 12.3 Å². The quantitative estimate of drug-likeness (QED) is 0.768. The van der Waals surface area contributed by atoms with Gasteiger partial charge in [-0.25, -0.2) is 4.68 Å². The molecule has 0 radical (unpaired) electrons. The number of aromatic nitrogens is 3. The highest BCUT2D eigenvalue weighted by Crippen LogP contribution is 2.31. The fraction of sp³-hybridized carbons (Fsp3) is 0.727. The molecule has 1 aromatic heterocycles. The Hall–Kier alpha value is -1.39. The van der Waals surface area contributed by atoms with Crippen molar-refractivity contribution in [2.24, 2.45) is 11.7 Å². The molecule has 0 aliphatic heterocycles. The van der Waals surface area contributed by atoms with E-state index in [0.717, 1.165) is 36.7 Å². The van der Waals surface area contributed by atoms with Crippen molar-refractivity contribution in [3.63, 3.8) is 0 Å². The second-order valence-electron chi connectivity index (χ2n) is 4.50. The third-order valence-corrected chi connectivity index (χ3v) is 2.87. The van der Waals surface area contributed by atoms with Gasteiger partial charge in [-0.1, -0.05) is 18.6 Å². The minimum absolute atomic E-state index is 0.208. The van der Waals surface area contributed by atoms with Gasteiger partial charge >= 0.3 is 0 Å². The average Bonchev–Trinajstić information content (AvgIpc) is 2.96. The maximum atomic E-state index is 10.9. The smallest absolute Gasteiger partial charge is 0.223 e. The Labute approximate surface area is 95.0 Å². The van der Waals surface area contributed by atoms with E-state index < -0.39 is 0 Å². The minimum atomic E-state index is -0.337. The molecule has 0 bridgehead atoms. The maximum Gasteiger partial charge on any atom is 0.223 e. The van der Waals surface area contributed by atoms with Gasteiger partial charge in [0.05, 0.1) is 17.8 Å². The van der Waals surface area contributed by atoms with Crippen LogP contribution in [-0.2, 0) is 24.2 Å². The summed E-state index contributed by atoms with van der Waals surface area (Å²) in [6.45, 7) is 3.06. The Kier molecular flexibility index (Phi) is 3.22. The van der Waals surface area contributed by atoms with Crippen LogP contribution in [0.25, 0.3) is 0 Å². The number of carbonyl (C=O) groups is 1. The lowest BCUT2D eigenvalue weighted by Crippen LogP contribution is -2.16. The normalized spacial score (nSPS) is 15.3. The second kappa shape index (κ2) is 4.63. The van der Waals surface area contributed by atoms with E-state index in [1.165, 1.54) is 12.8 Å². The van der Waals surface area contributed by atoms with Crippen LogP contribution in [0.2, 0.25) is 0 Å². The van der Waals surface area contributed by atoms with E-state index in [4.69, 9.17) is 5.73 Å². The zero-order chi connectivity index (χ0) is 11.5. The van der Waals surface area contributed by atoms with Crippen LogP contribution in [0.1, 0.15) is 37.6 Å². The van der Waals surface area contributed by atoms with E-state index in [1.807, 2.05) is 4.68 Å². The molecule has 2 N–H and O–H groups in total. The van der Waals surface area contributed by atoms with Crippen molar-refractivity contribution in [2.75, 3.05) is 0 Å². The Balaban J connectivity index is 2.15. The highest BCUT2D eigenvalue weighted by atomic mass is 16.1. The molecule has 1 aliphatic carbocycles. The number of rotatable bonds is 6. The molecule has 88 valence electrons. The molecule has 1 saturated carbocycles. The van der Waals surface area contributed by atoms with Crippen LogP contribution in [0.4, 0.5) is 0 Å². The number of hydrogen-bond acceptors (Lipinski definition) is 3. The molecule has 0 atom stereocenters. The Morgan fingerprint density at radius 3 is 2.88 bits per heavy atom. The van der Waals surface area contributed by atoms with Gasteiger partial charge in [-0.3, -0.25) is 4.79 Å². The summed E-state index contributed by atoms with van der Waals surface area (Å²) in [4.78, 5) is 10.9. The lowest BCUT2D eigenvalue weighted by molar-refractivity contribution is -0.117. The van der Waals surface area contributed by atoms with Gasteiger partial charge < -0.3 is 5.73 Å². The molecule has 0 aromatic carbocycles. The van der Waals surface area contributed by atoms with Crippen molar-refractivity contribution in [3.05, 3.63) is 11.4 Å². The van der Waals surface area contributed by atoms with Crippen LogP contribution in [0.5, 0.6) is 0 Å². The summed E-state index contributed by atoms with van der Waals surface area (Å²) in [5.74, 6) is 0.426. The average molecular weight is 222 g/mol. The van der Waals surface area contributed by atoms with Gasteiger partial charge in [-0.15, -0.1) is 5.10 Å². The number of nitrogens with zero attached hydrogens (tertiary/aromatic N) is 3. The molecule has 1 aliphatic rings. The van der Waals surface area contributed by atoms with Gasteiger partial charge in [-0.05, 0) is 25.2 Å². The summed E-state index contributed by atoms with van der Waals surface area (Å²) < 4.78 is 1.96. The third kappa shape index (κ3) is 2.59. The molecule has 1 aromatic rings. The number of nitrogens with two attached hydrogens (primary N) is 1. The summed E-state index contributed by atoms with van der Waals surface area (Å²) in [5.41, 5.74) is 7.05. The molecule has 1 fully saturated rings. The monoisotopic (exact) mass is 222 g/mol. The lowest BCUT2D eigenvalue weighted by Gasteiger charge is -2.05. The highest BCUT2D eigenvalue weighted by molar-refractivity contribution is 5.76. The van der Waals surface area contributed by atoms with E-state index >= 15 is 0 Å². The predicted molar refractivity (Wildman–Crippen MR) is 59.6 cm³/mol. The van der Waals surface area contributed by atoms with Crippen molar-refractivity contribution < 1.29 is 4.79 Å². The molecule has 0 saturated heterocycles. The molecule has 1 heterocycles. The molecule has 5 nitrogen and oxygen atoms in total. The van der Waals surface area contributed by atoms with Crippen LogP contribution in [0.3, 0.4) is 0 Å². The first-order valence-corrected chi connectivity index (χ1v) is 5.90. The van der Waals surface area contributed by atoms with E-state index in [1.54, 1.807) is 0 Å². The SMILES string of the molecule is CCCc1c(CC(N)=O)nnn1CC1CC1. The highest BCUT2D eigenvalue weighted by Gasteiger charge is 2.24. The number of amides is 1. The maximum absolute atomic E-state index is 10.9. The molecule has 2 rings (SSSR count). The Morgan fingerprint density at radius 2 is 2.31 bits per heavy atom. The standard InChI is InChI=1S/C11H18N4O/c1-2-3-10-9(6-11(12)16)13-14-15(10)7-8-4-5-8/h8H,2-7H2,1H3,(H2,12,16). The first kappa shape index (κ1) is 11.1. The predicted octanol–water partition coefficient (Wildman–Crippen LogP) is 0.668. The molecule has 5 heteroatoms. The van der Waals surface area contributed by atoms with Gasteiger partial charge in [0.25, 0.3) is 0 Å². The molecule has 16 heavy (non-hydrogen) atoms. The first-order valence-electron chi connectivity index (χ1n) is 5.90. The fourth-order valence-corrected chi connectivity index (χ4v) is 1.87.